The van der Waals surface area contributed by atoms with Gasteiger partial charge in [-0.15, -0.1) is 0 Å². The molecule has 1 rings (SSSR count). The Morgan fingerprint density at radius 3 is 2.82 bits per heavy atom. The van der Waals surface area contributed by atoms with E-state index in [1.54, 1.807) is 19.1 Å². The lowest BCUT2D eigenvalue weighted by Gasteiger charge is -2.19. The van der Waals surface area contributed by atoms with E-state index in [2.05, 4.69) is 10.3 Å². The average Bonchev–Trinajstić information content (AvgIpc) is 2.71. The van der Waals surface area contributed by atoms with Gasteiger partial charge in [0.1, 0.15) is 10.7 Å². The summed E-state index contributed by atoms with van der Waals surface area (Å²) in [6.07, 6.45) is 0. The van der Waals surface area contributed by atoms with Gasteiger partial charge in [0, 0.05) is 27.2 Å². The number of hydrogen-bond donors (Lipinski definition) is 2. The number of nitrogen functional groups attached to an aromatic ring is 1. The van der Waals surface area contributed by atoms with Crippen LogP contribution < -0.4 is 11.1 Å². The van der Waals surface area contributed by atoms with Crippen molar-refractivity contribution in [3.8, 4) is 0 Å². The molecule has 1 amide bonds. The second-order valence-corrected chi connectivity index (χ2v) is 4.36. The van der Waals surface area contributed by atoms with Gasteiger partial charge < -0.3 is 20.7 Å². The molecule has 3 N–H and O–H groups in total. The van der Waals surface area contributed by atoms with E-state index in [1.807, 2.05) is 6.92 Å². The van der Waals surface area contributed by atoms with E-state index in [1.165, 1.54) is 11.3 Å². The Bertz CT molecular complexity index is 380. The number of anilines is 2. The summed E-state index contributed by atoms with van der Waals surface area (Å²) in [5.74, 6) is 0.182. The highest BCUT2D eigenvalue weighted by Crippen LogP contribution is 2.25. The van der Waals surface area contributed by atoms with E-state index in [9.17, 15) is 4.79 Å². The lowest BCUT2D eigenvalue weighted by Crippen LogP contribution is -2.33. The molecular formula is C10H18N4O2S. The molecule has 0 spiro atoms. The Morgan fingerprint density at radius 2 is 2.35 bits per heavy atom. The van der Waals surface area contributed by atoms with E-state index in [-0.39, 0.29) is 11.7 Å². The molecule has 1 aromatic rings. The first-order valence-electron chi connectivity index (χ1n) is 5.36. The maximum atomic E-state index is 12.2. The molecule has 0 radical (unpaired) electrons. The number of ether oxygens (including phenoxy) is 1. The number of aromatic nitrogens is 1. The zero-order valence-corrected chi connectivity index (χ0v) is 11.1. The van der Waals surface area contributed by atoms with Crippen molar-refractivity contribution in [3.05, 3.63) is 4.88 Å². The normalized spacial score (nSPS) is 10.3. The standard InChI is InChI=1S/C10H18N4O2S/c1-4-14(5-6-16-3)9(15)7-8(11)13-10(12-2)17-7/h4-6,11H2,1-3H3,(H,12,13). The van der Waals surface area contributed by atoms with Gasteiger partial charge in [-0.1, -0.05) is 11.3 Å². The smallest absolute Gasteiger partial charge is 0.267 e. The van der Waals surface area contributed by atoms with Crippen LogP contribution in [-0.2, 0) is 4.74 Å². The van der Waals surface area contributed by atoms with Gasteiger partial charge in [-0.25, -0.2) is 4.98 Å². The summed E-state index contributed by atoms with van der Waals surface area (Å²) in [7, 11) is 3.35. The van der Waals surface area contributed by atoms with Crippen molar-refractivity contribution in [2.24, 2.45) is 0 Å². The van der Waals surface area contributed by atoms with Crippen LogP contribution in [0.2, 0.25) is 0 Å². The van der Waals surface area contributed by atoms with E-state index in [4.69, 9.17) is 10.5 Å². The maximum absolute atomic E-state index is 12.2. The van der Waals surface area contributed by atoms with Crippen molar-refractivity contribution in [2.75, 3.05) is 44.9 Å². The topological polar surface area (TPSA) is 80.5 Å². The number of nitrogens with one attached hydrogen (secondary N) is 1. The maximum Gasteiger partial charge on any atom is 0.267 e. The third-order valence-corrected chi connectivity index (χ3v) is 3.37. The van der Waals surface area contributed by atoms with Crippen LogP contribution in [0.5, 0.6) is 0 Å². The predicted octanol–water partition coefficient (Wildman–Crippen LogP) is 0.876. The molecule has 0 aliphatic heterocycles. The summed E-state index contributed by atoms with van der Waals surface area (Å²) in [6.45, 7) is 3.60. The van der Waals surface area contributed by atoms with E-state index < -0.39 is 0 Å². The summed E-state index contributed by atoms with van der Waals surface area (Å²) in [4.78, 5) is 18.4. The molecule has 0 saturated carbocycles. The largest absolute Gasteiger partial charge is 0.383 e. The molecule has 0 atom stereocenters. The molecule has 0 fully saturated rings. The Labute approximate surface area is 105 Å². The highest BCUT2D eigenvalue weighted by atomic mass is 32.1. The second kappa shape index (κ2) is 6.41. The van der Waals surface area contributed by atoms with Crippen molar-refractivity contribution in [2.45, 2.75) is 6.92 Å². The van der Waals surface area contributed by atoms with Crippen LogP contribution in [0.15, 0.2) is 0 Å². The van der Waals surface area contributed by atoms with Crippen LogP contribution >= 0.6 is 11.3 Å². The van der Waals surface area contributed by atoms with Crippen LogP contribution in [0.3, 0.4) is 0 Å². The van der Waals surface area contributed by atoms with Gasteiger partial charge in [0.25, 0.3) is 5.91 Å². The van der Waals surface area contributed by atoms with Gasteiger partial charge in [-0.2, -0.15) is 0 Å². The van der Waals surface area contributed by atoms with Crippen molar-refractivity contribution in [1.29, 1.82) is 0 Å². The number of likely N-dealkylation sites (N-methyl/N-ethyl adjacent to an activating group) is 1. The number of nitrogens with two attached hydrogens (primary N) is 1. The third-order valence-electron chi connectivity index (χ3n) is 2.30. The molecule has 0 aliphatic carbocycles. The fourth-order valence-electron chi connectivity index (χ4n) is 1.34. The lowest BCUT2D eigenvalue weighted by atomic mass is 10.4. The number of amides is 1. The first kappa shape index (κ1) is 13.7. The highest BCUT2D eigenvalue weighted by molar-refractivity contribution is 7.18. The van der Waals surface area contributed by atoms with Gasteiger partial charge in [-0.3, -0.25) is 4.79 Å². The first-order chi connectivity index (χ1) is 8.13. The first-order valence-corrected chi connectivity index (χ1v) is 6.17. The van der Waals surface area contributed by atoms with Crippen LogP contribution in [0.25, 0.3) is 0 Å². The van der Waals surface area contributed by atoms with E-state index in [0.29, 0.717) is 29.7 Å². The molecule has 96 valence electrons. The number of carbonyl (C=O) groups excluding carboxylic acids is 1. The molecule has 1 aromatic heterocycles. The van der Waals surface area contributed by atoms with Crippen LogP contribution in [-0.4, -0.2) is 49.6 Å². The molecule has 0 aromatic carbocycles. The molecule has 0 aliphatic rings. The fourth-order valence-corrected chi connectivity index (χ4v) is 2.15. The molecule has 1 heterocycles. The van der Waals surface area contributed by atoms with Crippen LogP contribution in [0, 0.1) is 0 Å². The molecular weight excluding hydrogens is 240 g/mol. The Morgan fingerprint density at radius 1 is 1.65 bits per heavy atom. The summed E-state index contributed by atoms with van der Waals surface area (Å²) < 4.78 is 4.97. The van der Waals surface area contributed by atoms with Crippen molar-refractivity contribution in [1.82, 2.24) is 9.88 Å². The van der Waals surface area contributed by atoms with E-state index in [0.717, 1.165) is 0 Å². The number of thiazole rings is 1. The second-order valence-electron chi connectivity index (χ2n) is 3.36. The van der Waals surface area contributed by atoms with Crippen molar-refractivity contribution >= 4 is 28.2 Å². The van der Waals surface area contributed by atoms with Gasteiger partial charge in [0.2, 0.25) is 0 Å². The summed E-state index contributed by atoms with van der Waals surface area (Å²) in [6, 6.07) is 0. The Hall–Kier alpha value is -1.34. The minimum absolute atomic E-state index is 0.0962. The molecule has 0 saturated heterocycles. The Balaban J connectivity index is 2.81. The van der Waals surface area contributed by atoms with E-state index >= 15 is 0 Å². The van der Waals surface area contributed by atoms with Gasteiger partial charge in [-0.05, 0) is 6.92 Å². The molecule has 7 heteroatoms. The lowest BCUT2D eigenvalue weighted by molar-refractivity contribution is 0.0712. The number of carbonyl (C=O) groups is 1. The fraction of sp³-hybridized carbons (Fsp3) is 0.600. The summed E-state index contributed by atoms with van der Waals surface area (Å²) in [5.41, 5.74) is 5.72. The van der Waals surface area contributed by atoms with Gasteiger partial charge in [0.15, 0.2) is 5.13 Å². The highest BCUT2D eigenvalue weighted by Gasteiger charge is 2.20. The van der Waals surface area contributed by atoms with Crippen LogP contribution in [0.1, 0.15) is 16.6 Å². The van der Waals surface area contributed by atoms with Crippen molar-refractivity contribution < 1.29 is 9.53 Å². The number of hydrogen-bond acceptors (Lipinski definition) is 6. The number of nitrogens with zero attached hydrogens (tertiary/aromatic N) is 2. The van der Waals surface area contributed by atoms with Gasteiger partial charge in [0.05, 0.1) is 6.61 Å². The molecule has 17 heavy (non-hydrogen) atoms. The molecule has 0 unspecified atom stereocenters. The minimum atomic E-state index is -0.0962. The number of methoxy groups -OCH3 is 1. The summed E-state index contributed by atoms with van der Waals surface area (Å²) >= 11 is 1.27. The molecule has 0 bridgehead atoms. The van der Waals surface area contributed by atoms with Crippen LogP contribution in [0.4, 0.5) is 10.9 Å². The average molecular weight is 258 g/mol. The third kappa shape index (κ3) is 3.31. The monoisotopic (exact) mass is 258 g/mol. The quantitative estimate of drug-likeness (QED) is 0.791. The minimum Gasteiger partial charge on any atom is -0.383 e. The summed E-state index contributed by atoms with van der Waals surface area (Å²) in [5, 5.41) is 3.52. The predicted molar refractivity (Wildman–Crippen MR) is 69.5 cm³/mol. The van der Waals surface area contributed by atoms with Gasteiger partial charge >= 0.3 is 0 Å². The zero-order chi connectivity index (χ0) is 12.8. The number of rotatable bonds is 6. The van der Waals surface area contributed by atoms with Crippen molar-refractivity contribution in [3.63, 3.8) is 0 Å². The SMILES string of the molecule is CCN(CCOC)C(=O)c1sc(NC)nc1N. The Kier molecular flexibility index (Phi) is 5.17. The zero-order valence-electron chi connectivity index (χ0n) is 10.3. The molecule has 6 nitrogen and oxygen atoms in total.